The fraction of sp³-hybridized carbons (Fsp3) is 0.529. The monoisotopic (exact) mass is 322 g/mol. The summed E-state index contributed by atoms with van der Waals surface area (Å²) in [4.78, 5) is 23.8. The van der Waals surface area contributed by atoms with E-state index in [1.54, 1.807) is 18.2 Å². The molecular weight excluding hydrogens is 296 g/mol. The molecule has 1 rings (SSSR count). The van der Waals surface area contributed by atoms with Gasteiger partial charge < -0.3 is 20.1 Å². The van der Waals surface area contributed by atoms with Gasteiger partial charge in [0.05, 0.1) is 19.8 Å². The minimum absolute atomic E-state index is 0.0552. The molecule has 0 radical (unpaired) electrons. The quantitative estimate of drug-likeness (QED) is 0.730. The van der Waals surface area contributed by atoms with Crippen molar-refractivity contribution in [1.82, 2.24) is 10.6 Å². The van der Waals surface area contributed by atoms with Crippen molar-refractivity contribution in [3.05, 3.63) is 23.8 Å². The fourth-order valence-corrected chi connectivity index (χ4v) is 1.88. The predicted molar refractivity (Wildman–Crippen MR) is 89.0 cm³/mol. The number of carbonyl (C=O) groups excluding carboxylic acids is 2. The van der Waals surface area contributed by atoms with Gasteiger partial charge in [0.25, 0.3) is 5.91 Å². The second-order valence-corrected chi connectivity index (χ2v) is 5.09. The highest BCUT2D eigenvalue weighted by Crippen LogP contribution is 2.28. The molecule has 0 bridgehead atoms. The van der Waals surface area contributed by atoms with Crippen LogP contribution in [0.15, 0.2) is 18.2 Å². The molecule has 6 nitrogen and oxygen atoms in total. The number of amides is 2. The molecule has 0 fully saturated rings. The van der Waals surface area contributed by atoms with Gasteiger partial charge in [0.1, 0.15) is 0 Å². The first-order valence-corrected chi connectivity index (χ1v) is 7.98. The molecule has 6 heteroatoms. The third-order valence-corrected chi connectivity index (χ3v) is 3.23. The van der Waals surface area contributed by atoms with Crippen molar-refractivity contribution in [3.63, 3.8) is 0 Å². The minimum atomic E-state index is -0.326. The maximum Gasteiger partial charge on any atom is 0.251 e. The highest BCUT2D eigenvalue weighted by atomic mass is 16.5. The van der Waals surface area contributed by atoms with Crippen LogP contribution in [-0.4, -0.2) is 37.6 Å². The van der Waals surface area contributed by atoms with Crippen LogP contribution < -0.4 is 20.1 Å². The van der Waals surface area contributed by atoms with Gasteiger partial charge in [-0.25, -0.2) is 0 Å². The summed E-state index contributed by atoms with van der Waals surface area (Å²) < 4.78 is 10.9. The molecule has 23 heavy (non-hydrogen) atoms. The van der Waals surface area contributed by atoms with Gasteiger partial charge in [0, 0.05) is 11.6 Å². The van der Waals surface area contributed by atoms with Gasteiger partial charge in [-0.2, -0.15) is 0 Å². The second kappa shape index (κ2) is 9.71. The average molecular weight is 322 g/mol. The lowest BCUT2D eigenvalue weighted by atomic mass is 10.2. The highest BCUT2D eigenvalue weighted by molar-refractivity contribution is 5.97. The minimum Gasteiger partial charge on any atom is -0.490 e. The Kier molecular flexibility index (Phi) is 7.94. The average Bonchev–Trinajstić information content (AvgIpc) is 2.54. The molecule has 1 aromatic carbocycles. The van der Waals surface area contributed by atoms with E-state index >= 15 is 0 Å². The SMILES string of the molecule is CCOc1ccc(C(=O)NCC(=O)NC(C)CC)cc1OCC. The van der Waals surface area contributed by atoms with Crippen LogP contribution in [0.1, 0.15) is 44.5 Å². The molecule has 1 aromatic rings. The molecule has 0 aliphatic heterocycles. The molecule has 0 heterocycles. The zero-order chi connectivity index (χ0) is 17.2. The first-order chi connectivity index (χ1) is 11.0. The molecule has 128 valence electrons. The van der Waals surface area contributed by atoms with Crippen molar-refractivity contribution in [1.29, 1.82) is 0 Å². The lowest BCUT2D eigenvalue weighted by Gasteiger charge is -2.13. The van der Waals surface area contributed by atoms with Crippen molar-refractivity contribution in [2.45, 2.75) is 40.2 Å². The van der Waals surface area contributed by atoms with Crippen LogP contribution in [0.2, 0.25) is 0 Å². The Morgan fingerprint density at radius 2 is 1.74 bits per heavy atom. The van der Waals surface area contributed by atoms with Crippen LogP contribution in [0.5, 0.6) is 11.5 Å². The van der Waals surface area contributed by atoms with Gasteiger partial charge in [-0.15, -0.1) is 0 Å². The van der Waals surface area contributed by atoms with Gasteiger partial charge >= 0.3 is 0 Å². The Labute approximate surface area is 137 Å². The van der Waals surface area contributed by atoms with Gasteiger partial charge in [0.15, 0.2) is 11.5 Å². The first kappa shape index (κ1) is 18.8. The van der Waals surface area contributed by atoms with Gasteiger partial charge in [-0.3, -0.25) is 9.59 Å². The lowest BCUT2D eigenvalue weighted by molar-refractivity contribution is -0.120. The number of hydrogen-bond donors (Lipinski definition) is 2. The summed E-state index contributed by atoms with van der Waals surface area (Å²) in [6, 6.07) is 5.06. The number of hydrogen-bond acceptors (Lipinski definition) is 4. The summed E-state index contributed by atoms with van der Waals surface area (Å²) in [5.74, 6) is 0.587. The van der Waals surface area contributed by atoms with Crippen molar-refractivity contribution < 1.29 is 19.1 Å². The number of rotatable bonds is 9. The Morgan fingerprint density at radius 1 is 1.09 bits per heavy atom. The molecule has 0 saturated heterocycles. The summed E-state index contributed by atoms with van der Waals surface area (Å²) in [6.45, 7) is 8.58. The summed E-state index contributed by atoms with van der Waals surface area (Å²) in [7, 11) is 0. The third kappa shape index (κ3) is 6.18. The molecule has 0 aliphatic rings. The molecule has 0 saturated carbocycles. The van der Waals surface area contributed by atoms with Gasteiger partial charge in [-0.1, -0.05) is 6.92 Å². The van der Waals surface area contributed by atoms with Crippen LogP contribution in [0.25, 0.3) is 0 Å². The summed E-state index contributed by atoms with van der Waals surface area (Å²) in [5.41, 5.74) is 0.424. The highest BCUT2D eigenvalue weighted by Gasteiger charge is 2.13. The van der Waals surface area contributed by atoms with E-state index in [0.717, 1.165) is 6.42 Å². The maximum atomic E-state index is 12.1. The standard InChI is InChI=1S/C17H26N2O4/c1-5-12(4)19-16(20)11-18-17(21)13-8-9-14(22-6-2)15(10-13)23-7-3/h8-10,12H,5-7,11H2,1-4H3,(H,18,21)(H,19,20). The van der Waals surface area contributed by atoms with Crippen molar-refractivity contribution in [2.75, 3.05) is 19.8 Å². The van der Waals surface area contributed by atoms with E-state index in [1.165, 1.54) is 0 Å². The zero-order valence-electron chi connectivity index (χ0n) is 14.3. The summed E-state index contributed by atoms with van der Waals surface area (Å²) in [5, 5.41) is 5.40. The van der Waals surface area contributed by atoms with Crippen LogP contribution >= 0.6 is 0 Å². The number of carbonyl (C=O) groups is 2. The van der Waals surface area contributed by atoms with Crippen LogP contribution in [0, 0.1) is 0 Å². The Morgan fingerprint density at radius 3 is 2.35 bits per heavy atom. The van der Waals surface area contributed by atoms with Crippen molar-refractivity contribution >= 4 is 11.8 Å². The van der Waals surface area contributed by atoms with E-state index in [2.05, 4.69) is 10.6 Å². The Hall–Kier alpha value is -2.24. The zero-order valence-corrected chi connectivity index (χ0v) is 14.3. The Bertz CT molecular complexity index is 531. The Balaban J connectivity index is 2.68. The molecular formula is C17H26N2O4. The second-order valence-electron chi connectivity index (χ2n) is 5.09. The van der Waals surface area contributed by atoms with Crippen LogP contribution in [-0.2, 0) is 4.79 Å². The predicted octanol–water partition coefficient (Wildman–Crippen LogP) is 2.13. The van der Waals surface area contributed by atoms with E-state index < -0.39 is 0 Å². The maximum absolute atomic E-state index is 12.1. The fourth-order valence-electron chi connectivity index (χ4n) is 1.88. The van der Waals surface area contributed by atoms with E-state index in [-0.39, 0.29) is 24.4 Å². The molecule has 0 aromatic heterocycles. The van der Waals surface area contributed by atoms with Crippen molar-refractivity contribution in [3.8, 4) is 11.5 Å². The molecule has 1 atom stereocenters. The van der Waals surface area contributed by atoms with Crippen molar-refractivity contribution in [2.24, 2.45) is 0 Å². The van der Waals surface area contributed by atoms with Crippen LogP contribution in [0.3, 0.4) is 0 Å². The smallest absolute Gasteiger partial charge is 0.251 e. The first-order valence-electron chi connectivity index (χ1n) is 7.98. The lowest BCUT2D eigenvalue weighted by Crippen LogP contribution is -2.40. The molecule has 1 unspecified atom stereocenters. The van der Waals surface area contributed by atoms with E-state index in [4.69, 9.17) is 9.47 Å². The molecule has 2 N–H and O–H groups in total. The topological polar surface area (TPSA) is 76.7 Å². The number of benzene rings is 1. The largest absolute Gasteiger partial charge is 0.490 e. The number of ether oxygens (including phenoxy) is 2. The summed E-state index contributed by atoms with van der Waals surface area (Å²) >= 11 is 0. The molecule has 0 spiro atoms. The van der Waals surface area contributed by atoms with E-state index in [0.29, 0.717) is 30.3 Å². The van der Waals surface area contributed by atoms with E-state index in [1.807, 2.05) is 27.7 Å². The van der Waals surface area contributed by atoms with Gasteiger partial charge in [0.2, 0.25) is 5.91 Å². The molecule has 2 amide bonds. The number of nitrogens with one attached hydrogen (secondary N) is 2. The molecule has 0 aliphatic carbocycles. The van der Waals surface area contributed by atoms with Gasteiger partial charge in [-0.05, 0) is 45.4 Å². The van der Waals surface area contributed by atoms with Crippen LogP contribution in [0.4, 0.5) is 0 Å². The third-order valence-electron chi connectivity index (χ3n) is 3.23. The van der Waals surface area contributed by atoms with E-state index in [9.17, 15) is 9.59 Å². The summed E-state index contributed by atoms with van der Waals surface area (Å²) in [6.07, 6.45) is 0.844. The normalized spacial score (nSPS) is 11.5.